The van der Waals surface area contributed by atoms with Gasteiger partial charge in [-0.25, -0.2) is 4.39 Å². The molecule has 6 rings (SSSR count). The lowest BCUT2D eigenvalue weighted by Gasteiger charge is -2.71. The fourth-order valence-corrected chi connectivity index (χ4v) is 12.6. The molecule has 1 aromatic rings. The van der Waals surface area contributed by atoms with Crippen LogP contribution in [0.5, 0.6) is 0 Å². The molecular formula is C43H65FN2O3. The van der Waals surface area contributed by atoms with Crippen molar-refractivity contribution < 1.29 is 19.1 Å². The molecule has 2 N–H and O–H groups in total. The molecule has 0 heterocycles. The van der Waals surface area contributed by atoms with Crippen molar-refractivity contribution in [3.8, 4) is 0 Å². The molecule has 2 amide bonds. The molecule has 5 aliphatic rings. The van der Waals surface area contributed by atoms with Crippen molar-refractivity contribution in [1.82, 2.24) is 10.2 Å². The van der Waals surface area contributed by atoms with Gasteiger partial charge in [-0.05, 0) is 148 Å². The van der Waals surface area contributed by atoms with E-state index in [0.717, 1.165) is 64.2 Å². The minimum atomic E-state index is -0.586. The normalized spacial score (nSPS) is 39.3. The van der Waals surface area contributed by atoms with Crippen LogP contribution in [0.2, 0.25) is 0 Å². The predicted octanol–water partition coefficient (Wildman–Crippen LogP) is 9.23. The monoisotopic (exact) mass is 676 g/mol. The first kappa shape index (κ1) is 36.6. The van der Waals surface area contributed by atoms with Crippen LogP contribution in [-0.4, -0.2) is 40.0 Å². The second-order valence-electron chi connectivity index (χ2n) is 20.3. The Kier molecular flexibility index (Phi) is 8.90. The van der Waals surface area contributed by atoms with Gasteiger partial charge >= 0.3 is 0 Å². The Labute approximate surface area is 296 Å². The molecule has 8 atom stereocenters. The number of benzene rings is 1. The van der Waals surface area contributed by atoms with Gasteiger partial charge < -0.3 is 15.3 Å². The van der Waals surface area contributed by atoms with Gasteiger partial charge in [-0.3, -0.25) is 9.59 Å². The summed E-state index contributed by atoms with van der Waals surface area (Å²) < 4.78 is 14.4. The predicted molar refractivity (Wildman–Crippen MR) is 195 cm³/mol. The minimum Gasteiger partial charge on any atom is -0.393 e. The summed E-state index contributed by atoms with van der Waals surface area (Å²) in [5, 5.41) is 14.2. The second kappa shape index (κ2) is 11.9. The standard InChI is InChI=1S/C43H65FN2O3/c1-37(2,3)45-35(48)27-46(26-28-12-11-13-29(44)24-28)36(49)43-22-20-38(4,5)25-31(43)30-14-15-33-40(8)18-17-34(47)39(6,7)32(40)16-19-42(33,10)41(30,9)21-23-43/h11-14,24,31-34,47H,15-23,25-27H2,1-10H3,(H,45,48)/t31-,32-,33+,34-,40-,41+,42+,43-/m0/s1. The molecule has 0 bridgehead atoms. The largest absolute Gasteiger partial charge is 0.393 e. The Bertz CT molecular complexity index is 1510. The fraction of sp³-hybridized carbons (Fsp3) is 0.767. The number of fused-ring (bicyclic) bond motifs is 7. The van der Waals surface area contributed by atoms with Gasteiger partial charge in [-0.2, -0.15) is 0 Å². The van der Waals surface area contributed by atoms with Crippen LogP contribution in [0.4, 0.5) is 4.39 Å². The van der Waals surface area contributed by atoms with Gasteiger partial charge in [0.25, 0.3) is 0 Å². The molecule has 0 radical (unpaired) electrons. The molecule has 4 fully saturated rings. The van der Waals surface area contributed by atoms with Crippen molar-refractivity contribution in [3.63, 3.8) is 0 Å². The number of aliphatic hydroxyl groups excluding tert-OH is 1. The number of aliphatic hydroxyl groups is 1. The Morgan fingerprint density at radius 2 is 1.63 bits per heavy atom. The van der Waals surface area contributed by atoms with E-state index in [1.807, 2.05) is 26.8 Å². The molecule has 0 aromatic heterocycles. The summed E-state index contributed by atoms with van der Waals surface area (Å²) >= 11 is 0. The first-order chi connectivity index (χ1) is 22.6. The summed E-state index contributed by atoms with van der Waals surface area (Å²) in [6.45, 7) is 23.0. The summed E-state index contributed by atoms with van der Waals surface area (Å²) in [6, 6.07) is 6.46. The number of halogens is 1. The van der Waals surface area contributed by atoms with Crippen molar-refractivity contribution in [2.75, 3.05) is 6.54 Å². The van der Waals surface area contributed by atoms with Crippen LogP contribution in [-0.2, 0) is 16.1 Å². The number of carbonyl (C=O) groups excluding carboxylic acids is 2. The highest BCUT2D eigenvalue weighted by Crippen LogP contribution is 2.75. The topological polar surface area (TPSA) is 69.6 Å². The van der Waals surface area contributed by atoms with E-state index in [0.29, 0.717) is 17.4 Å². The van der Waals surface area contributed by atoms with Crippen molar-refractivity contribution in [2.24, 2.45) is 50.2 Å². The Hall–Kier alpha value is -2.21. The smallest absolute Gasteiger partial charge is 0.240 e. The maximum absolute atomic E-state index is 15.3. The highest BCUT2D eigenvalue weighted by molar-refractivity contribution is 5.89. The van der Waals surface area contributed by atoms with E-state index in [9.17, 15) is 14.3 Å². The van der Waals surface area contributed by atoms with E-state index in [-0.39, 0.29) is 69.8 Å². The lowest BCUT2D eigenvalue weighted by molar-refractivity contribution is -0.204. The van der Waals surface area contributed by atoms with E-state index in [1.165, 1.54) is 17.7 Å². The van der Waals surface area contributed by atoms with Crippen LogP contribution >= 0.6 is 0 Å². The number of rotatable bonds is 5. The van der Waals surface area contributed by atoms with Gasteiger partial charge in [0.1, 0.15) is 5.82 Å². The van der Waals surface area contributed by atoms with E-state index in [4.69, 9.17) is 0 Å². The number of carbonyl (C=O) groups is 2. The Balaban J connectivity index is 1.40. The van der Waals surface area contributed by atoms with Gasteiger partial charge in [-0.1, -0.05) is 72.2 Å². The van der Waals surface area contributed by atoms with Crippen LogP contribution in [0.15, 0.2) is 35.9 Å². The van der Waals surface area contributed by atoms with Crippen molar-refractivity contribution in [3.05, 3.63) is 47.3 Å². The zero-order chi connectivity index (χ0) is 36.0. The van der Waals surface area contributed by atoms with Gasteiger partial charge in [0.2, 0.25) is 11.8 Å². The Morgan fingerprint density at radius 3 is 2.31 bits per heavy atom. The average molecular weight is 677 g/mol. The number of nitrogens with zero attached hydrogens (tertiary/aromatic N) is 1. The summed E-state index contributed by atoms with van der Waals surface area (Å²) in [6.07, 6.45) is 12.1. The first-order valence-electron chi connectivity index (χ1n) is 19.3. The molecule has 0 saturated heterocycles. The number of amides is 2. The third-order valence-corrected chi connectivity index (χ3v) is 15.4. The average Bonchev–Trinajstić information content (AvgIpc) is 2.98. The lowest BCUT2D eigenvalue weighted by Crippen LogP contribution is -2.65. The molecule has 6 heteroatoms. The van der Waals surface area contributed by atoms with Crippen molar-refractivity contribution >= 4 is 11.8 Å². The Morgan fingerprint density at radius 1 is 0.939 bits per heavy atom. The zero-order valence-corrected chi connectivity index (χ0v) is 32.3. The summed E-state index contributed by atoms with van der Waals surface area (Å²) in [5.41, 5.74) is 1.46. The van der Waals surface area contributed by atoms with Crippen LogP contribution < -0.4 is 5.32 Å². The summed E-state index contributed by atoms with van der Waals surface area (Å²) in [7, 11) is 0. The van der Waals surface area contributed by atoms with E-state index < -0.39 is 11.0 Å². The highest BCUT2D eigenvalue weighted by Gasteiger charge is 2.69. The maximum atomic E-state index is 15.3. The van der Waals surface area contributed by atoms with Crippen LogP contribution in [0.3, 0.4) is 0 Å². The van der Waals surface area contributed by atoms with Gasteiger partial charge in [-0.15, -0.1) is 0 Å². The zero-order valence-electron chi connectivity index (χ0n) is 32.3. The lowest BCUT2D eigenvalue weighted by atomic mass is 9.33. The quantitative estimate of drug-likeness (QED) is 0.306. The van der Waals surface area contributed by atoms with E-state index >= 15 is 4.79 Å². The third kappa shape index (κ3) is 5.92. The number of nitrogens with one attached hydrogen (secondary N) is 1. The van der Waals surface area contributed by atoms with Gasteiger partial charge in [0.05, 0.1) is 18.1 Å². The maximum Gasteiger partial charge on any atom is 0.240 e. The fourth-order valence-electron chi connectivity index (χ4n) is 12.6. The molecule has 0 spiro atoms. The molecule has 0 unspecified atom stereocenters. The van der Waals surface area contributed by atoms with E-state index in [2.05, 4.69) is 59.9 Å². The molecule has 1 aromatic carbocycles. The molecular weight excluding hydrogens is 611 g/mol. The van der Waals surface area contributed by atoms with Crippen LogP contribution in [0.25, 0.3) is 0 Å². The van der Waals surface area contributed by atoms with Crippen molar-refractivity contribution in [2.45, 2.75) is 152 Å². The van der Waals surface area contributed by atoms with E-state index in [1.54, 1.807) is 11.0 Å². The second-order valence-corrected chi connectivity index (χ2v) is 20.3. The molecule has 4 saturated carbocycles. The highest BCUT2D eigenvalue weighted by atomic mass is 19.1. The summed E-state index contributed by atoms with van der Waals surface area (Å²) in [4.78, 5) is 30.5. The first-order valence-corrected chi connectivity index (χ1v) is 19.3. The molecule has 0 aliphatic heterocycles. The SMILES string of the molecule is CC1(C)CC[C@]2(C(=O)N(CC(=O)NC(C)(C)C)Cc3cccc(F)c3)CC[C@]3(C)C(=CC[C@@H]4[C@@]5(C)CC[C@H](O)C(C)(C)[C@@H]5CC[C@]43C)[C@@H]2C1. The number of allylic oxidation sites excluding steroid dienone is 2. The third-order valence-electron chi connectivity index (χ3n) is 15.4. The summed E-state index contributed by atoms with van der Waals surface area (Å²) in [5.74, 6) is 0.687. The minimum absolute atomic E-state index is 0.0248. The molecule has 49 heavy (non-hydrogen) atoms. The number of hydrogen-bond donors (Lipinski definition) is 2. The van der Waals surface area contributed by atoms with Gasteiger partial charge in [0, 0.05) is 12.1 Å². The van der Waals surface area contributed by atoms with Crippen molar-refractivity contribution in [1.29, 1.82) is 0 Å². The molecule has 5 aliphatic carbocycles. The van der Waals surface area contributed by atoms with Gasteiger partial charge in [0.15, 0.2) is 0 Å². The molecule has 5 nitrogen and oxygen atoms in total. The number of hydrogen-bond acceptors (Lipinski definition) is 3. The van der Waals surface area contributed by atoms with Crippen LogP contribution in [0.1, 0.15) is 139 Å². The molecule has 272 valence electrons. The van der Waals surface area contributed by atoms with Crippen LogP contribution in [0, 0.1) is 56.1 Å².